The first kappa shape index (κ1) is 19.5. The van der Waals surface area contributed by atoms with Crippen LogP contribution in [0.25, 0.3) is 10.4 Å². The van der Waals surface area contributed by atoms with Crippen LogP contribution in [0.4, 0.5) is 11.4 Å². The molecule has 0 atom stereocenters. The van der Waals surface area contributed by atoms with E-state index in [0.29, 0.717) is 16.1 Å². The van der Waals surface area contributed by atoms with E-state index in [1.807, 2.05) is 0 Å². The van der Waals surface area contributed by atoms with E-state index in [9.17, 15) is 23.3 Å². The number of nitrogens with one attached hydrogen (secondary N) is 1. The summed E-state index contributed by atoms with van der Waals surface area (Å²) in [5.41, 5.74) is 0.580. The standard InChI is InChI=1S/C18H14N2O6S2/c1-12(21)19-13-4-7-15(8-5-13)28(24,25)26-17-9-6-14(20(22)23)11-16(17)18-3-2-10-27-18/h2-11H,1H3,(H,19,21). The number of hydrogen-bond acceptors (Lipinski definition) is 7. The first-order valence-corrected chi connectivity index (χ1v) is 10.2. The Morgan fingerprint density at radius 1 is 1.14 bits per heavy atom. The Balaban J connectivity index is 1.96. The zero-order chi connectivity index (χ0) is 20.3. The molecule has 0 spiro atoms. The molecule has 10 heteroatoms. The maximum atomic E-state index is 12.6. The van der Waals surface area contributed by atoms with E-state index in [1.165, 1.54) is 60.7 Å². The highest BCUT2D eigenvalue weighted by molar-refractivity contribution is 7.87. The third-order valence-corrected chi connectivity index (χ3v) is 5.78. The van der Waals surface area contributed by atoms with Crippen molar-refractivity contribution in [3.63, 3.8) is 0 Å². The van der Waals surface area contributed by atoms with Crippen molar-refractivity contribution in [2.45, 2.75) is 11.8 Å². The van der Waals surface area contributed by atoms with E-state index < -0.39 is 15.0 Å². The highest BCUT2D eigenvalue weighted by Crippen LogP contribution is 2.37. The topological polar surface area (TPSA) is 116 Å². The van der Waals surface area contributed by atoms with Crippen molar-refractivity contribution in [1.29, 1.82) is 0 Å². The minimum atomic E-state index is -4.18. The molecule has 0 radical (unpaired) electrons. The maximum absolute atomic E-state index is 12.6. The molecule has 144 valence electrons. The lowest BCUT2D eigenvalue weighted by atomic mass is 10.1. The van der Waals surface area contributed by atoms with Gasteiger partial charge >= 0.3 is 10.1 Å². The molecule has 1 heterocycles. The van der Waals surface area contributed by atoms with Crippen LogP contribution in [0.5, 0.6) is 5.75 Å². The number of amides is 1. The van der Waals surface area contributed by atoms with Gasteiger partial charge in [-0.05, 0) is 41.8 Å². The number of rotatable bonds is 6. The number of benzene rings is 2. The van der Waals surface area contributed by atoms with Crippen LogP contribution in [-0.2, 0) is 14.9 Å². The zero-order valence-corrected chi connectivity index (χ0v) is 16.1. The van der Waals surface area contributed by atoms with Gasteiger partial charge in [0.2, 0.25) is 5.91 Å². The van der Waals surface area contributed by atoms with Crippen LogP contribution in [0.15, 0.2) is 64.9 Å². The molecular formula is C18H14N2O6S2. The molecule has 28 heavy (non-hydrogen) atoms. The number of nitro benzene ring substituents is 1. The van der Waals surface area contributed by atoms with Crippen molar-refractivity contribution in [3.8, 4) is 16.2 Å². The first-order chi connectivity index (χ1) is 13.3. The third kappa shape index (κ3) is 4.35. The summed E-state index contributed by atoms with van der Waals surface area (Å²) in [7, 11) is -4.18. The molecule has 2 aromatic carbocycles. The molecule has 1 N–H and O–H groups in total. The predicted molar refractivity (Wildman–Crippen MR) is 105 cm³/mol. The van der Waals surface area contributed by atoms with Gasteiger partial charge < -0.3 is 9.50 Å². The van der Waals surface area contributed by atoms with E-state index in [0.717, 1.165) is 0 Å². The van der Waals surface area contributed by atoms with Crippen LogP contribution in [0.2, 0.25) is 0 Å². The quantitative estimate of drug-likeness (QED) is 0.367. The molecule has 0 fully saturated rings. The largest absolute Gasteiger partial charge is 0.378 e. The van der Waals surface area contributed by atoms with Crippen LogP contribution in [0.1, 0.15) is 6.92 Å². The van der Waals surface area contributed by atoms with Gasteiger partial charge in [-0.25, -0.2) is 0 Å². The summed E-state index contributed by atoms with van der Waals surface area (Å²) < 4.78 is 30.5. The normalized spacial score (nSPS) is 11.0. The Bertz CT molecular complexity index is 1120. The molecule has 0 aliphatic rings. The maximum Gasteiger partial charge on any atom is 0.339 e. The van der Waals surface area contributed by atoms with Gasteiger partial charge in [-0.15, -0.1) is 11.3 Å². The number of thiophene rings is 1. The highest BCUT2D eigenvalue weighted by atomic mass is 32.2. The van der Waals surface area contributed by atoms with Crippen molar-refractivity contribution in [2.75, 3.05) is 5.32 Å². The van der Waals surface area contributed by atoms with Gasteiger partial charge in [0.25, 0.3) is 5.69 Å². The highest BCUT2D eigenvalue weighted by Gasteiger charge is 2.21. The van der Waals surface area contributed by atoms with Gasteiger partial charge in [-0.2, -0.15) is 8.42 Å². The summed E-state index contributed by atoms with van der Waals surface area (Å²) in [4.78, 5) is 22.1. The molecule has 0 aliphatic heterocycles. The van der Waals surface area contributed by atoms with E-state index in [-0.39, 0.29) is 22.2 Å². The number of carbonyl (C=O) groups excluding carboxylic acids is 1. The van der Waals surface area contributed by atoms with Crippen molar-refractivity contribution < 1.29 is 22.3 Å². The summed E-state index contributed by atoms with van der Waals surface area (Å²) in [5.74, 6) is -0.294. The van der Waals surface area contributed by atoms with Crippen LogP contribution in [-0.4, -0.2) is 19.2 Å². The van der Waals surface area contributed by atoms with Crippen LogP contribution >= 0.6 is 11.3 Å². The van der Waals surface area contributed by atoms with Crippen molar-refractivity contribution >= 4 is 38.7 Å². The Kier molecular flexibility index (Phi) is 5.43. The second-order valence-electron chi connectivity index (χ2n) is 5.66. The van der Waals surface area contributed by atoms with Gasteiger partial charge in [-0.1, -0.05) is 6.07 Å². The van der Waals surface area contributed by atoms with E-state index in [2.05, 4.69) is 5.32 Å². The summed E-state index contributed by atoms with van der Waals surface area (Å²) in [6.07, 6.45) is 0. The Morgan fingerprint density at radius 3 is 2.43 bits per heavy atom. The second-order valence-corrected chi connectivity index (χ2v) is 8.15. The number of hydrogen-bond donors (Lipinski definition) is 1. The van der Waals surface area contributed by atoms with Crippen molar-refractivity contribution in [3.05, 3.63) is 70.1 Å². The summed E-state index contributed by atoms with van der Waals surface area (Å²) in [6, 6.07) is 12.7. The zero-order valence-electron chi connectivity index (χ0n) is 14.5. The number of nitrogens with zero attached hydrogens (tertiary/aromatic N) is 1. The molecule has 8 nitrogen and oxygen atoms in total. The lowest BCUT2D eigenvalue weighted by Gasteiger charge is -2.11. The summed E-state index contributed by atoms with van der Waals surface area (Å²) >= 11 is 1.30. The predicted octanol–water partition coefficient (Wildman–Crippen LogP) is 4.05. The number of non-ortho nitro benzene ring substituents is 1. The van der Waals surface area contributed by atoms with Gasteiger partial charge in [0.1, 0.15) is 4.90 Å². The minimum Gasteiger partial charge on any atom is -0.378 e. The molecule has 0 unspecified atom stereocenters. The second kappa shape index (κ2) is 7.79. The Labute approximate surface area is 164 Å². The SMILES string of the molecule is CC(=O)Nc1ccc(S(=O)(=O)Oc2ccc([N+](=O)[O-])cc2-c2cccs2)cc1. The molecule has 0 aliphatic carbocycles. The van der Waals surface area contributed by atoms with Crippen LogP contribution < -0.4 is 9.50 Å². The molecular weight excluding hydrogens is 404 g/mol. The molecule has 0 saturated carbocycles. The third-order valence-electron chi connectivity index (χ3n) is 3.62. The van der Waals surface area contributed by atoms with Crippen molar-refractivity contribution in [2.24, 2.45) is 0 Å². The lowest BCUT2D eigenvalue weighted by Crippen LogP contribution is -2.11. The molecule has 0 saturated heterocycles. The Morgan fingerprint density at radius 2 is 1.86 bits per heavy atom. The van der Waals surface area contributed by atoms with Gasteiger partial charge in [0.05, 0.1) is 4.92 Å². The Hall–Kier alpha value is -3.24. The number of carbonyl (C=O) groups is 1. The smallest absolute Gasteiger partial charge is 0.339 e. The molecule has 3 aromatic rings. The first-order valence-electron chi connectivity index (χ1n) is 7.91. The fourth-order valence-corrected chi connectivity index (χ4v) is 4.10. The number of nitro groups is 1. The van der Waals surface area contributed by atoms with Gasteiger partial charge in [0, 0.05) is 35.2 Å². The van der Waals surface area contributed by atoms with Crippen molar-refractivity contribution in [1.82, 2.24) is 0 Å². The fourth-order valence-electron chi connectivity index (χ4n) is 2.40. The van der Waals surface area contributed by atoms with E-state index >= 15 is 0 Å². The van der Waals surface area contributed by atoms with Gasteiger partial charge in [-0.3, -0.25) is 14.9 Å². The molecule has 0 bridgehead atoms. The van der Waals surface area contributed by atoms with Gasteiger partial charge in [0.15, 0.2) is 5.75 Å². The summed E-state index contributed by atoms with van der Waals surface area (Å²) in [6.45, 7) is 1.34. The summed E-state index contributed by atoms with van der Waals surface area (Å²) in [5, 5.41) is 15.4. The molecule has 3 rings (SSSR count). The molecule has 1 amide bonds. The molecule has 1 aromatic heterocycles. The van der Waals surface area contributed by atoms with Crippen LogP contribution in [0.3, 0.4) is 0 Å². The number of anilines is 1. The van der Waals surface area contributed by atoms with E-state index in [1.54, 1.807) is 17.5 Å². The minimum absolute atomic E-state index is 0.0148. The van der Waals surface area contributed by atoms with Crippen LogP contribution in [0, 0.1) is 10.1 Å². The average Bonchev–Trinajstić information content (AvgIpc) is 3.16. The fraction of sp³-hybridized carbons (Fsp3) is 0.0556. The average molecular weight is 418 g/mol. The lowest BCUT2D eigenvalue weighted by molar-refractivity contribution is -0.384. The van der Waals surface area contributed by atoms with E-state index in [4.69, 9.17) is 4.18 Å². The monoisotopic (exact) mass is 418 g/mol.